The van der Waals surface area contributed by atoms with Crippen LogP contribution in [0.4, 0.5) is 0 Å². The van der Waals surface area contributed by atoms with Gasteiger partial charge in [0.15, 0.2) is 11.5 Å². The molecule has 0 saturated heterocycles. The molecule has 7 heteroatoms. The predicted molar refractivity (Wildman–Crippen MR) is 116 cm³/mol. The molecule has 142 valence electrons. The van der Waals surface area contributed by atoms with E-state index in [1.807, 2.05) is 54.0 Å². The van der Waals surface area contributed by atoms with Crippen LogP contribution in [0.3, 0.4) is 0 Å². The van der Waals surface area contributed by atoms with Crippen LogP contribution < -0.4 is 4.74 Å². The Balaban J connectivity index is 1.62. The third-order valence-electron chi connectivity index (χ3n) is 4.49. The molecule has 0 N–H and O–H groups in total. The summed E-state index contributed by atoms with van der Waals surface area (Å²) in [6, 6.07) is 16.9. The molecule has 0 bridgehead atoms. The lowest BCUT2D eigenvalue weighted by Crippen LogP contribution is -1.98. The van der Waals surface area contributed by atoms with E-state index in [9.17, 15) is 4.79 Å². The summed E-state index contributed by atoms with van der Waals surface area (Å²) in [7, 11) is 0. The first-order valence-corrected chi connectivity index (χ1v) is 10.4. The lowest BCUT2D eigenvalue weighted by atomic mass is 10.1. The fourth-order valence-corrected chi connectivity index (χ4v) is 4.43. The second-order valence-electron chi connectivity index (χ2n) is 6.39. The number of fused-ring (bicyclic) bond motifs is 1. The van der Waals surface area contributed by atoms with Gasteiger partial charge in [-0.15, -0.1) is 11.3 Å². The van der Waals surface area contributed by atoms with E-state index in [4.69, 9.17) is 33.0 Å². The molecule has 5 rings (SSSR count). The van der Waals surface area contributed by atoms with Crippen LogP contribution in [0.1, 0.15) is 15.9 Å². The maximum absolute atomic E-state index is 12.8. The first-order valence-electron chi connectivity index (χ1n) is 8.72. The van der Waals surface area contributed by atoms with Crippen molar-refractivity contribution in [3.05, 3.63) is 93.1 Å². The Kier molecular flexibility index (Phi) is 4.51. The van der Waals surface area contributed by atoms with Crippen LogP contribution in [0.2, 0.25) is 10.0 Å². The Labute approximate surface area is 180 Å². The average Bonchev–Trinajstić information content (AvgIpc) is 3.44. The molecule has 0 fully saturated rings. The summed E-state index contributed by atoms with van der Waals surface area (Å²) in [5.74, 6) is 0.268. The standard InChI is InChI=1S/C22H12Cl2N2O2S/c23-14-10-16-21(27)18(28-22(16)17(24)11-14)9-13-12-26(15-5-2-1-3-6-15)25-20(13)19-7-4-8-29-19/h1-12H/b18-9-. The average molecular weight is 439 g/mol. The SMILES string of the molecule is O=C1/C(=C/c2cn(-c3ccccc3)nc2-c2cccs2)Oc2c(Cl)cc(Cl)cc21. The van der Waals surface area contributed by atoms with Gasteiger partial charge in [0.1, 0.15) is 5.69 Å². The Morgan fingerprint density at radius 1 is 1.07 bits per heavy atom. The normalized spacial score (nSPS) is 14.3. The Bertz CT molecular complexity index is 1260. The van der Waals surface area contributed by atoms with Gasteiger partial charge in [0.05, 0.1) is 21.2 Å². The largest absolute Gasteiger partial charge is 0.451 e. The molecule has 2 aromatic heterocycles. The molecule has 1 aliphatic rings. The van der Waals surface area contributed by atoms with Gasteiger partial charge in [0.2, 0.25) is 5.78 Å². The number of Topliss-reactive ketones (excluding diaryl/α,β-unsaturated/α-hetero) is 1. The molecular weight excluding hydrogens is 427 g/mol. The zero-order valence-corrected chi connectivity index (χ0v) is 17.1. The molecular formula is C22H12Cl2N2O2S. The van der Waals surface area contributed by atoms with Crippen LogP contribution >= 0.6 is 34.5 Å². The fourth-order valence-electron chi connectivity index (χ4n) is 3.17. The highest BCUT2D eigenvalue weighted by molar-refractivity contribution is 7.13. The minimum absolute atomic E-state index is 0.189. The zero-order chi connectivity index (χ0) is 20.0. The van der Waals surface area contributed by atoms with Crippen LogP contribution in [0, 0.1) is 0 Å². The van der Waals surface area contributed by atoms with Gasteiger partial charge in [-0.3, -0.25) is 4.79 Å². The minimum atomic E-state index is -0.256. The molecule has 2 aromatic carbocycles. The number of ketones is 1. The Hall–Kier alpha value is -2.86. The monoisotopic (exact) mass is 438 g/mol. The summed E-state index contributed by atoms with van der Waals surface area (Å²) >= 11 is 13.8. The first kappa shape index (κ1) is 18.2. The summed E-state index contributed by atoms with van der Waals surface area (Å²) in [5.41, 5.74) is 2.83. The number of ether oxygens (including phenoxy) is 1. The molecule has 0 spiro atoms. The van der Waals surface area contributed by atoms with Crippen molar-refractivity contribution >= 4 is 46.4 Å². The number of para-hydroxylation sites is 1. The van der Waals surface area contributed by atoms with Crippen LogP contribution in [-0.4, -0.2) is 15.6 Å². The van der Waals surface area contributed by atoms with E-state index < -0.39 is 0 Å². The van der Waals surface area contributed by atoms with Gasteiger partial charge in [-0.25, -0.2) is 4.68 Å². The molecule has 4 aromatic rings. The van der Waals surface area contributed by atoms with Crippen LogP contribution in [0.5, 0.6) is 5.75 Å². The first-order chi connectivity index (χ1) is 14.1. The second kappa shape index (κ2) is 7.19. The van der Waals surface area contributed by atoms with Crippen molar-refractivity contribution in [3.63, 3.8) is 0 Å². The Morgan fingerprint density at radius 2 is 1.90 bits per heavy atom. The van der Waals surface area contributed by atoms with E-state index in [0.717, 1.165) is 21.8 Å². The van der Waals surface area contributed by atoms with E-state index in [2.05, 4.69) is 0 Å². The summed E-state index contributed by atoms with van der Waals surface area (Å²) in [6.45, 7) is 0. The second-order valence-corrected chi connectivity index (χ2v) is 8.19. The third-order valence-corrected chi connectivity index (χ3v) is 5.87. The van der Waals surface area contributed by atoms with E-state index >= 15 is 0 Å². The number of halogens is 2. The number of carbonyl (C=O) groups excluding carboxylic acids is 1. The van der Waals surface area contributed by atoms with E-state index in [1.165, 1.54) is 0 Å². The van der Waals surface area contributed by atoms with Gasteiger partial charge < -0.3 is 4.74 Å². The molecule has 0 radical (unpaired) electrons. The van der Waals surface area contributed by atoms with Crippen molar-refractivity contribution in [1.29, 1.82) is 0 Å². The summed E-state index contributed by atoms with van der Waals surface area (Å²) in [6.07, 6.45) is 3.58. The summed E-state index contributed by atoms with van der Waals surface area (Å²) < 4.78 is 7.57. The van der Waals surface area contributed by atoms with Crippen molar-refractivity contribution in [1.82, 2.24) is 9.78 Å². The molecule has 0 amide bonds. The van der Waals surface area contributed by atoms with Crippen molar-refractivity contribution < 1.29 is 9.53 Å². The van der Waals surface area contributed by atoms with Gasteiger partial charge in [-0.2, -0.15) is 5.10 Å². The van der Waals surface area contributed by atoms with Gasteiger partial charge in [0.25, 0.3) is 0 Å². The van der Waals surface area contributed by atoms with Crippen molar-refractivity contribution in [2.45, 2.75) is 0 Å². The molecule has 0 atom stereocenters. The highest BCUT2D eigenvalue weighted by Gasteiger charge is 2.30. The van der Waals surface area contributed by atoms with E-state index in [1.54, 1.807) is 34.2 Å². The molecule has 3 heterocycles. The number of rotatable bonds is 3. The maximum Gasteiger partial charge on any atom is 0.232 e. The third kappa shape index (κ3) is 3.27. The highest BCUT2D eigenvalue weighted by atomic mass is 35.5. The van der Waals surface area contributed by atoms with E-state index in [-0.39, 0.29) is 11.5 Å². The number of allylic oxidation sites excluding steroid dienone is 1. The summed E-state index contributed by atoms with van der Waals surface area (Å²) in [4.78, 5) is 13.8. The molecule has 0 saturated carbocycles. The van der Waals surface area contributed by atoms with Crippen LogP contribution in [0.25, 0.3) is 22.3 Å². The quantitative estimate of drug-likeness (QED) is 0.341. The number of thiophene rings is 1. The lowest BCUT2D eigenvalue weighted by molar-refractivity contribution is 0.101. The molecule has 1 aliphatic heterocycles. The van der Waals surface area contributed by atoms with Crippen molar-refractivity contribution in [3.8, 4) is 22.0 Å². The smallest absolute Gasteiger partial charge is 0.232 e. The fraction of sp³-hybridized carbons (Fsp3) is 0. The van der Waals surface area contributed by atoms with Gasteiger partial charge >= 0.3 is 0 Å². The van der Waals surface area contributed by atoms with Gasteiger partial charge in [-0.1, -0.05) is 47.5 Å². The molecule has 4 nitrogen and oxygen atoms in total. The van der Waals surface area contributed by atoms with Crippen molar-refractivity contribution in [2.75, 3.05) is 0 Å². The number of nitrogens with zero attached hydrogens (tertiary/aromatic N) is 2. The minimum Gasteiger partial charge on any atom is -0.451 e. The number of hydrogen-bond acceptors (Lipinski definition) is 4. The highest BCUT2D eigenvalue weighted by Crippen LogP contribution is 2.40. The van der Waals surface area contributed by atoms with Crippen LogP contribution in [-0.2, 0) is 0 Å². The predicted octanol–water partition coefficient (Wildman–Crippen LogP) is 6.52. The van der Waals surface area contributed by atoms with Gasteiger partial charge in [-0.05, 0) is 41.8 Å². The topological polar surface area (TPSA) is 44.1 Å². The zero-order valence-electron chi connectivity index (χ0n) is 14.8. The van der Waals surface area contributed by atoms with Crippen LogP contribution in [0.15, 0.2) is 71.9 Å². The Morgan fingerprint density at radius 3 is 2.66 bits per heavy atom. The van der Waals surface area contributed by atoms with Crippen molar-refractivity contribution in [2.24, 2.45) is 0 Å². The molecule has 29 heavy (non-hydrogen) atoms. The van der Waals surface area contributed by atoms with Gasteiger partial charge in [0, 0.05) is 16.8 Å². The molecule has 0 aliphatic carbocycles. The number of benzene rings is 2. The molecule has 0 unspecified atom stereocenters. The number of hydrogen-bond donors (Lipinski definition) is 0. The van der Waals surface area contributed by atoms with E-state index in [0.29, 0.717) is 21.4 Å². The maximum atomic E-state index is 12.8. The lowest BCUT2D eigenvalue weighted by Gasteiger charge is -2.01. The summed E-state index contributed by atoms with van der Waals surface area (Å²) in [5, 5.41) is 7.43. The number of carbonyl (C=O) groups is 1. The number of aromatic nitrogens is 2.